The Morgan fingerprint density at radius 3 is 2.73 bits per heavy atom. The van der Waals surface area contributed by atoms with Gasteiger partial charge in [0.1, 0.15) is 17.4 Å². The van der Waals surface area contributed by atoms with Gasteiger partial charge in [-0.15, -0.1) is 0 Å². The lowest BCUT2D eigenvalue weighted by Gasteiger charge is -2.33. The summed E-state index contributed by atoms with van der Waals surface area (Å²) in [4.78, 5) is 2.10. The molecule has 0 saturated carbocycles. The molecule has 2 aromatic rings. The molecule has 2 heterocycles. The molecule has 1 aromatic heterocycles. The zero-order valence-corrected chi connectivity index (χ0v) is 12.4. The first kappa shape index (κ1) is 15.2. The van der Waals surface area contributed by atoms with Gasteiger partial charge in [0.15, 0.2) is 0 Å². The van der Waals surface area contributed by atoms with E-state index >= 15 is 0 Å². The first-order valence-corrected chi connectivity index (χ1v) is 7.63. The zero-order valence-electron chi connectivity index (χ0n) is 12.4. The fraction of sp³-hybridized carbons (Fsp3) is 0.412. The van der Waals surface area contributed by atoms with E-state index in [1.807, 2.05) is 12.1 Å². The Labute approximate surface area is 128 Å². The van der Waals surface area contributed by atoms with E-state index in [2.05, 4.69) is 10.2 Å². The topological polar surface area (TPSA) is 28.4 Å². The van der Waals surface area contributed by atoms with Crippen molar-refractivity contribution in [1.82, 2.24) is 10.2 Å². The number of hydrogen-bond acceptors (Lipinski definition) is 3. The molecule has 1 fully saturated rings. The number of rotatable bonds is 5. The average molecular weight is 306 g/mol. The first-order valence-electron chi connectivity index (χ1n) is 7.63. The molecule has 0 radical (unpaired) electrons. The van der Waals surface area contributed by atoms with Crippen LogP contribution in [0.5, 0.6) is 0 Å². The first-order chi connectivity index (χ1) is 10.7. The summed E-state index contributed by atoms with van der Waals surface area (Å²) >= 11 is 0. The van der Waals surface area contributed by atoms with E-state index in [0.717, 1.165) is 31.7 Å². The maximum Gasteiger partial charge on any atom is 0.130 e. The summed E-state index contributed by atoms with van der Waals surface area (Å²) in [6.45, 7) is 2.65. The lowest BCUT2D eigenvalue weighted by molar-refractivity contribution is 0.177. The average Bonchev–Trinajstić information content (AvgIpc) is 3.03. The third-order valence-electron chi connectivity index (χ3n) is 4.09. The largest absolute Gasteiger partial charge is 0.468 e. The highest BCUT2D eigenvalue weighted by Gasteiger charge is 2.21. The molecule has 1 aliphatic heterocycles. The van der Waals surface area contributed by atoms with Crippen molar-refractivity contribution in [2.24, 2.45) is 0 Å². The van der Waals surface area contributed by atoms with E-state index in [1.165, 1.54) is 18.2 Å². The van der Waals surface area contributed by atoms with Crippen LogP contribution in [-0.4, -0.2) is 24.0 Å². The minimum Gasteiger partial charge on any atom is -0.468 e. The molecule has 3 nitrogen and oxygen atoms in total. The molecule has 1 N–H and O–H groups in total. The predicted octanol–water partition coefficient (Wildman–Crippen LogP) is 3.31. The number of benzene rings is 1. The van der Waals surface area contributed by atoms with Crippen LogP contribution in [0, 0.1) is 11.6 Å². The van der Waals surface area contributed by atoms with Gasteiger partial charge >= 0.3 is 0 Å². The molecule has 3 rings (SSSR count). The second-order valence-corrected chi connectivity index (χ2v) is 5.73. The molecule has 0 aliphatic carbocycles. The van der Waals surface area contributed by atoms with Gasteiger partial charge in [0.05, 0.1) is 12.8 Å². The number of furan rings is 1. The maximum absolute atomic E-state index is 13.7. The van der Waals surface area contributed by atoms with Crippen LogP contribution in [0.15, 0.2) is 41.0 Å². The van der Waals surface area contributed by atoms with Crippen molar-refractivity contribution >= 4 is 0 Å². The SMILES string of the molecule is Fc1cccc(F)c1CN1CCCC(NCc2ccco2)C1. The smallest absolute Gasteiger partial charge is 0.130 e. The molecule has 0 amide bonds. The zero-order chi connectivity index (χ0) is 15.4. The summed E-state index contributed by atoms with van der Waals surface area (Å²) in [7, 11) is 0. The minimum atomic E-state index is -0.467. The Morgan fingerprint density at radius 1 is 1.18 bits per heavy atom. The number of hydrogen-bond donors (Lipinski definition) is 1. The Kier molecular flexibility index (Phi) is 4.85. The van der Waals surface area contributed by atoms with E-state index in [0.29, 0.717) is 19.1 Å². The number of halogens is 2. The van der Waals surface area contributed by atoms with Crippen molar-refractivity contribution in [3.8, 4) is 0 Å². The van der Waals surface area contributed by atoms with Crippen molar-refractivity contribution in [2.75, 3.05) is 13.1 Å². The molecular weight excluding hydrogens is 286 g/mol. The molecule has 1 unspecified atom stereocenters. The maximum atomic E-state index is 13.7. The molecule has 118 valence electrons. The van der Waals surface area contributed by atoms with E-state index in [9.17, 15) is 8.78 Å². The van der Waals surface area contributed by atoms with E-state index < -0.39 is 11.6 Å². The van der Waals surface area contributed by atoms with Gasteiger partial charge in [0, 0.05) is 24.7 Å². The van der Waals surface area contributed by atoms with Gasteiger partial charge in [0.2, 0.25) is 0 Å². The summed E-state index contributed by atoms with van der Waals surface area (Å²) in [5, 5.41) is 3.45. The lowest BCUT2D eigenvalue weighted by Crippen LogP contribution is -2.45. The second kappa shape index (κ2) is 7.03. The van der Waals surface area contributed by atoms with Crippen LogP contribution >= 0.6 is 0 Å². The van der Waals surface area contributed by atoms with Gasteiger partial charge in [-0.2, -0.15) is 0 Å². The van der Waals surface area contributed by atoms with Crippen molar-refractivity contribution in [1.29, 1.82) is 0 Å². The summed E-state index contributed by atoms with van der Waals surface area (Å²) < 4.78 is 32.8. The Hall–Kier alpha value is -1.72. The number of nitrogens with zero attached hydrogens (tertiary/aromatic N) is 1. The van der Waals surface area contributed by atoms with Crippen LogP contribution in [0.2, 0.25) is 0 Å². The van der Waals surface area contributed by atoms with Gasteiger partial charge in [-0.05, 0) is 43.7 Å². The van der Waals surface area contributed by atoms with Gasteiger partial charge in [0.25, 0.3) is 0 Å². The van der Waals surface area contributed by atoms with Crippen LogP contribution in [0.4, 0.5) is 8.78 Å². The quantitative estimate of drug-likeness (QED) is 0.918. The van der Waals surface area contributed by atoms with Crippen LogP contribution in [0.3, 0.4) is 0 Å². The summed E-state index contributed by atoms with van der Waals surface area (Å²) in [6, 6.07) is 8.14. The van der Waals surface area contributed by atoms with Crippen LogP contribution in [-0.2, 0) is 13.1 Å². The van der Waals surface area contributed by atoms with Crippen molar-refractivity contribution < 1.29 is 13.2 Å². The lowest BCUT2D eigenvalue weighted by atomic mass is 10.0. The number of piperidine rings is 1. The van der Waals surface area contributed by atoms with Gasteiger partial charge in [-0.1, -0.05) is 6.07 Å². The Balaban J connectivity index is 1.56. The molecule has 1 saturated heterocycles. The standard InChI is InChI=1S/C17H20F2N2O/c18-16-6-1-7-17(19)15(16)12-21-8-2-4-13(11-21)20-10-14-5-3-9-22-14/h1,3,5-7,9,13,20H,2,4,8,10-12H2. The van der Waals surface area contributed by atoms with Crippen molar-refractivity contribution in [3.05, 3.63) is 59.6 Å². The third-order valence-corrected chi connectivity index (χ3v) is 4.09. The Bertz CT molecular complexity index is 580. The predicted molar refractivity (Wildman–Crippen MR) is 80.2 cm³/mol. The highest BCUT2D eigenvalue weighted by Crippen LogP contribution is 2.18. The van der Waals surface area contributed by atoms with Crippen LogP contribution in [0.1, 0.15) is 24.2 Å². The van der Waals surface area contributed by atoms with Crippen LogP contribution < -0.4 is 5.32 Å². The van der Waals surface area contributed by atoms with Crippen LogP contribution in [0.25, 0.3) is 0 Å². The highest BCUT2D eigenvalue weighted by atomic mass is 19.1. The van der Waals surface area contributed by atoms with Gasteiger partial charge in [-0.3, -0.25) is 4.90 Å². The highest BCUT2D eigenvalue weighted by molar-refractivity contribution is 5.19. The minimum absolute atomic E-state index is 0.161. The number of nitrogens with one attached hydrogen (secondary N) is 1. The molecule has 0 bridgehead atoms. The molecular formula is C17H20F2N2O. The molecule has 1 aromatic carbocycles. The third kappa shape index (κ3) is 3.72. The normalized spacial score (nSPS) is 19.5. The fourth-order valence-electron chi connectivity index (χ4n) is 2.93. The van der Waals surface area contributed by atoms with Crippen molar-refractivity contribution in [3.63, 3.8) is 0 Å². The summed E-state index contributed by atoms with van der Waals surface area (Å²) in [5.41, 5.74) is 0.161. The van der Waals surface area contributed by atoms with E-state index in [1.54, 1.807) is 6.26 Å². The summed E-state index contributed by atoms with van der Waals surface area (Å²) in [5.74, 6) is -0.0337. The van der Waals surface area contributed by atoms with Gasteiger partial charge < -0.3 is 9.73 Å². The van der Waals surface area contributed by atoms with Gasteiger partial charge in [-0.25, -0.2) is 8.78 Å². The Morgan fingerprint density at radius 2 is 2.00 bits per heavy atom. The number of likely N-dealkylation sites (tertiary alicyclic amines) is 1. The molecule has 1 atom stereocenters. The second-order valence-electron chi connectivity index (χ2n) is 5.73. The van der Waals surface area contributed by atoms with E-state index in [4.69, 9.17) is 4.42 Å². The fourth-order valence-corrected chi connectivity index (χ4v) is 2.93. The summed E-state index contributed by atoms with van der Waals surface area (Å²) in [6.07, 6.45) is 3.74. The monoisotopic (exact) mass is 306 g/mol. The molecule has 0 spiro atoms. The molecule has 5 heteroatoms. The molecule has 1 aliphatic rings. The van der Waals surface area contributed by atoms with Crippen molar-refractivity contribution in [2.45, 2.75) is 32.0 Å². The molecule has 22 heavy (non-hydrogen) atoms. The van der Waals surface area contributed by atoms with E-state index in [-0.39, 0.29) is 5.56 Å².